The molecular weight excluding hydrogens is 376 g/mol. The second-order valence-corrected chi connectivity index (χ2v) is 8.05. The number of nitrogens with one attached hydrogen (secondary N) is 1. The van der Waals surface area contributed by atoms with Crippen molar-refractivity contribution in [1.29, 1.82) is 0 Å². The molecule has 0 aliphatic heterocycles. The van der Waals surface area contributed by atoms with E-state index in [1.165, 1.54) is 0 Å². The van der Waals surface area contributed by atoms with E-state index < -0.39 is 0 Å². The average Bonchev–Trinajstić information content (AvgIpc) is 2.75. The monoisotopic (exact) mass is 404 g/mol. The first-order valence-electron chi connectivity index (χ1n) is 10.5. The van der Waals surface area contributed by atoms with Crippen molar-refractivity contribution < 1.29 is 9.53 Å². The summed E-state index contributed by atoms with van der Waals surface area (Å²) in [5.41, 5.74) is 2.08. The van der Waals surface area contributed by atoms with E-state index >= 15 is 0 Å². The summed E-state index contributed by atoms with van der Waals surface area (Å²) in [6.45, 7) is 1.10. The Morgan fingerprint density at radius 1 is 1.13 bits per heavy atom. The first-order chi connectivity index (χ1) is 14.7. The quantitative estimate of drug-likeness (QED) is 0.652. The molecule has 0 radical (unpaired) electrons. The van der Waals surface area contributed by atoms with Gasteiger partial charge in [0.1, 0.15) is 5.75 Å². The molecule has 0 atom stereocenters. The molecule has 0 bridgehead atoms. The third-order valence-corrected chi connectivity index (χ3v) is 5.51. The van der Waals surface area contributed by atoms with Crippen LogP contribution in [0.2, 0.25) is 0 Å². The Labute approximate surface area is 177 Å². The van der Waals surface area contributed by atoms with Gasteiger partial charge in [0.2, 0.25) is 5.91 Å². The van der Waals surface area contributed by atoms with Crippen molar-refractivity contribution in [3.05, 3.63) is 66.6 Å². The molecule has 1 saturated carbocycles. The molecule has 1 fully saturated rings. The normalized spacial score (nSPS) is 19.0. The van der Waals surface area contributed by atoms with E-state index in [-0.39, 0.29) is 18.1 Å². The smallest absolute Gasteiger partial charge is 0.234 e. The maximum Gasteiger partial charge on any atom is 0.234 e. The van der Waals surface area contributed by atoms with E-state index in [1.54, 1.807) is 12.4 Å². The van der Waals surface area contributed by atoms with Crippen molar-refractivity contribution in [2.45, 2.75) is 44.4 Å². The molecule has 0 saturated heterocycles. The number of carbonyl (C=O) groups excluding carboxylic acids is 1. The predicted molar refractivity (Wildman–Crippen MR) is 117 cm³/mol. The van der Waals surface area contributed by atoms with Crippen LogP contribution < -0.4 is 10.1 Å². The molecule has 30 heavy (non-hydrogen) atoms. The van der Waals surface area contributed by atoms with E-state index in [1.807, 2.05) is 60.6 Å². The zero-order valence-corrected chi connectivity index (χ0v) is 17.3. The van der Waals surface area contributed by atoms with Gasteiger partial charge in [0.15, 0.2) is 0 Å². The Bertz CT molecular complexity index is 971. The van der Waals surface area contributed by atoms with Crippen molar-refractivity contribution in [3.63, 3.8) is 0 Å². The highest BCUT2D eigenvalue weighted by atomic mass is 16.5. The van der Waals surface area contributed by atoms with Crippen LogP contribution in [0.1, 0.15) is 31.2 Å². The van der Waals surface area contributed by atoms with E-state index in [2.05, 4.69) is 15.3 Å². The standard InChI is InChI=1S/C24H28N4O2/c1-28(16-18-4-2-12-25-15-18)17-24(29)27-20-6-8-21(9-7-20)30-22-10-11-23-19(14-22)5-3-13-26-23/h2-5,10-15,20-21H,6-9,16-17H2,1H3,(H,27,29). The number of fused-ring (bicyclic) bond motifs is 1. The van der Waals surface area contributed by atoms with Crippen LogP contribution in [0.25, 0.3) is 10.9 Å². The van der Waals surface area contributed by atoms with Gasteiger partial charge in [-0.05, 0) is 68.6 Å². The Morgan fingerprint density at radius 3 is 2.77 bits per heavy atom. The van der Waals surface area contributed by atoms with Gasteiger partial charge in [0.25, 0.3) is 0 Å². The molecule has 2 heterocycles. The number of hydrogen-bond acceptors (Lipinski definition) is 5. The molecule has 0 spiro atoms. The molecule has 0 unspecified atom stereocenters. The molecular formula is C24H28N4O2. The molecule has 1 aromatic carbocycles. The van der Waals surface area contributed by atoms with Crippen LogP contribution in [0.15, 0.2) is 61.1 Å². The van der Waals surface area contributed by atoms with Crippen molar-refractivity contribution in [1.82, 2.24) is 20.2 Å². The molecule has 156 valence electrons. The van der Waals surface area contributed by atoms with Crippen molar-refractivity contribution in [2.24, 2.45) is 0 Å². The van der Waals surface area contributed by atoms with Gasteiger partial charge in [0, 0.05) is 36.6 Å². The molecule has 1 aliphatic rings. The Kier molecular flexibility index (Phi) is 6.54. The summed E-state index contributed by atoms with van der Waals surface area (Å²) in [7, 11) is 1.95. The zero-order valence-electron chi connectivity index (χ0n) is 17.3. The highest BCUT2D eigenvalue weighted by Crippen LogP contribution is 2.26. The molecule has 6 heteroatoms. The van der Waals surface area contributed by atoms with E-state index in [0.717, 1.165) is 47.9 Å². The molecule has 1 aliphatic carbocycles. The summed E-state index contributed by atoms with van der Waals surface area (Å²) in [6.07, 6.45) is 9.36. The number of aromatic nitrogens is 2. The fourth-order valence-electron chi connectivity index (χ4n) is 4.02. The van der Waals surface area contributed by atoms with Crippen LogP contribution in [-0.4, -0.2) is 46.5 Å². The highest BCUT2D eigenvalue weighted by molar-refractivity contribution is 5.79. The SMILES string of the molecule is CN(CC(=O)NC1CCC(Oc2ccc3ncccc3c2)CC1)Cc1cccnc1. The number of ether oxygens (including phenoxy) is 1. The summed E-state index contributed by atoms with van der Waals surface area (Å²) in [5.74, 6) is 0.966. The van der Waals surface area contributed by atoms with E-state index in [4.69, 9.17) is 4.74 Å². The summed E-state index contributed by atoms with van der Waals surface area (Å²) in [4.78, 5) is 22.9. The lowest BCUT2D eigenvalue weighted by Gasteiger charge is -2.30. The number of pyridine rings is 2. The minimum atomic E-state index is 0.0767. The molecule has 1 amide bonds. The lowest BCUT2D eigenvalue weighted by atomic mass is 9.93. The number of carbonyl (C=O) groups is 1. The average molecular weight is 405 g/mol. The van der Waals surface area contributed by atoms with Gasteiger partial charge in [-0.2, -0.15) is 0 Å². The topological polar surface area (TPSA) is 67.4 Å². The lowest BCUT2D eigenvalue weighted by Crippen LogP contribution is -2.43. The van der Waals surface area contributed by atoms with Gasteiger partial charge in [-0.3, -0.25) is 19.7 Å². The molecule has 3 aromatic rings. The summed E-state index contributed by atoms with van der Waals surface area (Å²) >= 11 is 0. The first-order valence-corrected chi connectivity index (χ1v) is 10.5. The van der Waals surface area contributed by atoms with Crippen LogP contribution in [0.3, 0.4) is 0 Å². The molecule has 6 nitrogen and oxygen atoms in total. The molecule has 2 aromatic heterocycles. The van der Waals surface area contributed by atoms with Crippen LogP contribution in [-0.2, 0) is 11.3 Å². The van der Waals surface area contributed by atoms with E-state index in [9.17, 15) is 4.79 Å². The van der Waals surface area contributed by atoms with Crippen molar-refractivity contribution >= 4 is 16.8 Å². The third kappa shape index (κ3) is 5.54. The lowest BCUT2D eigenvalue weighted by molar-refractivity contribution is -0.123. The van der Waals surface area contributed by atoms with Gasteiger partial charge < -0.3 is 10.1 Å². The number of likely N-dealkylation sites (N-methyl/N-ethyl adjacent to an activating group) is 1. The number of hydrogen-bond donors (Lipinski definition) is 1. The van der Waals surface area contributed by atoms with Gasteiger partial charge in [-0.1, -0.05) is 12.1 Å². The van der Waals surface area contributed by atoms with Crippen LogP contribution >= 0.6 is 0 Å². The van der Waals surface area contributed by atoms with Crippen LogP contribution in [0.4, 0.5) is 0 Å². The van der Waals surface area contributed by atoms with Gasteiger partial charge in [-0.25, -0.2) is 0 Å². The molecule has 1 N–H and O–H groups in total. The largest absolute Gasteiger partial charge is 0.490 e. The van der Waals surface area contributed by atoms with Crippen molar-refractivity contribution in [2.75, 3.05) is 13.6 Å². The number of amides is 1. The number of rotatable bonds is 7. The highest BCUT2D eigenvalue weighted by Gasteiger charge is 2.24. The summed E-state index contributed by atoms with van der Waals surface area (Å²) in [5, 5.41) is 4.27. The van der Waals surface area contributed by atoms with Crippen LogP contribution in [0, 0.1) is 0 Å². The van der Waals surface area contributed by atoms with Gasteiger partial charge >= 0.3 is 0 Å². The van der Waals surface area contributed by atoms with Crippen LogP contribution in [0.5, 0.6) is 5.75 Å². The van der Waals surface area contributed by atoms with E-state index in [0.29, 0.717) is 13.1 Å². The number of nitrogens with zero attached hydrogens (tertiary/aromatic N) is 3. The number of benzene rings is 1. The summed E-state index contributed by atoms with van der Waals surface area (Å²) in [6, 6.07) is 14.2. The fraction of sp³-hybridized carbons (Fsp3) is 0.375. The maximum atomic E-state index is 12.4. The second kappa shape index (κ2) is 9.67. The zero-order chi connectivity index (χ0) is 20.8. The summed E-state index contributed by atoms with van der Waals surface area (Å²) < 4.78 is 6.19. The molecule has 4 rings (SSSR count). The third-order valence-electron chi connectivity index (χ3n) is 5.51. The Balaban J connectivity index is 1.20. The van der Waals surface area contributed by atoms with Gasteiger partial charge in [0.05, 0.1) is 18.2 Å². The predicted octanol–water partition coefficient (Wildman–Crippen LogP) is 3.57. The fourth-order valence-corrected chi connectivity index (χ4v) is 4.02. The maximum absolute atomic E-state index is 12.4. The second-order valence-electron chi connectivity index (χ2n) is 8.05. The minimum absolute atomic E-state index is 0.0767. The Morgan fingerprint density at radius 2 is 1.97 bits per heavy atom. The minimum Gasteiger partial charge on any atom is -0.490 e. The van der Waals surface area contributed by atoms with Gasteiger partial charge in [-0.15, -0.1) is 0 Å². The van der Waals surface area contributed by atoms with Crippen molar-refractivity contribution in [3.8, 4) is 5.75 Å². The Hall–Kier alpha value is -2.99. The first kappa shape index (κ1) is 20.3.